The van der Waals surface area contributed by atoms with Crippen LogP contribution in [-0.2, 0) is 11.2 Å². The summed E-state index contributed by atoms with van der Waals surface area (Å²) < 4.78 is 5.00. The molecule has 4 nitrogen and oxygen atoms in total. The van der Waals surface area contributed by atoms with Crippen molar-refractivity contribution in [3.63, 3.8) is 0 Å². The fourth-order valence-electron chi connectivity index (χ4n) is 2.13. The minimum absolute atomic E-state index is 0.327. The molecular formula is C17H20N2O2. The lowest BCUT2D eigenvalue weighted by atomic mass is 10.1. The minimum atomic E-state index is -0.327. The predicted molar refractivity (Wildman–Crippen MR) is 84.2 cm³/mol. The van der Waals surface area contributed by atoms with E-state index in [-0.39, 0.29) is 5.97 Å². The van der Waals surface area contributed by atoms with Gasteiger partial charge in [0.25, 0.3) is 0 Å². The lowest BCUT2D eigenvalue weighted by Gasteiger charge is -2.19. The second-order valence-electron chi connectivity index (χ2n) is 4.96. The molecule has 0 aliphatic carbocycles. The number of carbonyl (C=O) groups is 1. The molecule has 0 fully saturated rings. The zero-order valence-corrected chi connectivity index (χ0v) is 12.4. The maximum Gasteiger partial charge on any atom is 0.308 e. The molecule has 0 radical (unpaired) electrons. The molecule has 0 aromatic heterocycles. The maximum absolute atomic E-state index is 10.9. The highest BCUT2D eigenvalue weighted by Gasteiger charge is 2.05. The summed E-state index contributed by atoms with van der Waals surface area (Å²) in [6, 6.07) is 15.5. The Labute approximate surface area is 125 Å². The van der Waals surface area contributed by atoms with E-state index >= 15 is 0 Å². The summed E-state index contributed by atoms with van der Waals surface area (Å²) in [7, 11) is 0. The Kier molecular flexibility index (Phi) is 4.95. The molecule has 0 aliphatic rings. The highest BCUT2D eigenvalue weighted by atomic mass is 16.5. The van der Waals surface area contributed by atoms with E-state index in [4.69, 9.17) is 10.6 Å². The number of rotatable bonds is 5. The van der Waals surface area contributed by atoms with E-state index in [9.17, 15) is 4.79 Å². The summed E-state index contributed by atoms with van der Waals surface area (Å²) in [4.78, 5) is 10.9. The van der Waals surface area contributed by atoms with Gasteiger partial charge in [-0.3, -0.25) is 4.79 Å². The smallest absolute Gasteiger partial charge is 0.308 e. The normalized spacial score (nSPS) is 10.2. The van der Waals surface area contributed by atoms with Crippen molar-refractivity contribution in [3.8, 4) is 5.75 Å². The van der Waals surface area contributed by atoms with E-state index in [1.165, 1.54) is 18.1 Å². The first-order valence-corrected chi connectivity index (χ1v) is 6.91. The molecular weight excluding hydrogens is 264 g/mol. The first-order valence-electron chi connectivity index (χ1n) is 6.91. The fraction of sp³-hybridized carbons (Fsp3) is 0.235. The van der Waals surface area contributed by atoms with Crippen LogP contribution in [0.5, 0.6) is 5.75 Å². The van der Waals surface area contributed by atoms with Gasteiger partial charge in [0.1, 0.15) is 5.75 Å². The molecule has 0 saturated heterocycles. The number of nitrogens with two attached hydrogens (primary N) is 1. The maximum atomic E-state index is 10.9. The monoisotopic (exact) mass is 284 g/mol. The van der Waals surface area contributed by atoms with Crippen molar-refractivity contribution in [3.05, 3.63) is 59.7 Å². The second-order valence-corrected chi connectivity index (χ2v) is 4.96. The Morgan fingerprint density at radius 3 is 2.43 bits per heavy atom. The molecule has 2 aromatic rings. The van der Waals surface area contributed by atoms with E-state index in [1.807, 2.05) is 24.3 Å². The van der Waals surface area contributed by atoms with Crippen molar-refractivity contribution in [1.82, 2.24) is 0 Å². The first kappa shape index (κ1) is 15.1. The molecule has 2 rings (SSSR count). The Bertz CT molecular complexity index is 608. The Balaban J connectivity index is 1.95. The highest BCUT2D eigenvalue weighted by Crippen LogP contribution is 2.18. The molecule has 0 heterocycles. The number of nitrogens with zero attached hydrogens (tertiary/aromatic N) is 1. The number of aryl methyl sites for hydroxylation is 1. The van der Waals surface area contributed by atoms with Gasteiger partial charge in [0.15, 0.2) is 0 Å². The van der Waals surface area contributed by atoms with Gasteiger partial charge in [0.2, 0.25) is 0 Å². The second kappa shape index (κ2) is 6.90. The van der Waals surface area contributed by atoms with E-state index in [2.05, 4.69) is 19.1 Å². The molecule has 110 valence electrons. The molecule has 4 heteroatoms. The number of benzene rings is 2. The molecule has 0 atom stereocenters. The number of ether oxygens (including phenoxy) is 1. The standard InChI is InChI=1S/C17H20N2O2/c1-13-5-3-4-6-15(13)11-12-19(18)16-7-9-17(10-8-16)21-14(2)20/h3-10H,11-12,18H2,1-2H3. The van der Waals surface area contributed by atoms with Crippen molar-refractivity contribution in [2.75, 3.05) is 11.6 Å². The third-order valence-corrected chi connectivity index (χ3v) is 3.31. The van der Waals surface area contributed by atoms with Crippen molar-refractivity contribution < 1.29 is 9.53 Å². The number of hydrazine groups is 1. The quantitative estimate of drug-likeness (QED) is 0.397. The number of esters is 1. The number of hydrogen-bond acceptors (Lipinski definition) is 4. The SMILES string of the molecule is CC(=O)Oc1ccc(N(N)CCc2ccccc2C)cc1. The Hall–Kier alpha value is -2.33. The van der Waals surface area contributed by atoms with Crippen LogP contribution in [0.15, 0.2) is 48.5 Å². The average Bonchev–Trinajstić information content (AvgIpc) is 2.46. The zero-order chi connectivity index (χ0) is 15.2. The molecule has 2 aromatic carbocycles. The van der Waals surface area contributed by atoms with Gasteiger partial charge in [-0.05, 0) is 48.7 Å². The van der Waals surface area contributed by atoms with Crippen molar-refractivity contribution in [2.24, 2.45) is 5.84 Å². The molecule has 0 saturated carbocycles. The van der Waals surface area contributed by atoms with Gasteiger partial charge in [-0.1, -0.05) is 24.3 Å². The molecule has 21 heavy (non-hydrogen) atoms. The Morgan fingerprint density at radius 2 is 1.81 bits per heavy atom. The van der Waals surface area contributed by atoms with Gasteiger partial charge in [-0.2, -0.15) is 0 Å². The van der Waals surface area contributed by atoms with Crippen LogP contribution in [0.2, 0.25) is 0 Å². The number of anilines is 1. The minimum Gasteiger partial charge on any atom is -0.427 e. The summed E-state index contributed by atoms with van der Waals surface area (Å²) >= 11 is 0. The number of carbonyl (C=O) groups excluding carboxylic acids is 1. The van der Waals surface area contributed by atoms with E-state index in [0.717, 1.165) is 18.7 Å². The highest BCUT2D eigenvalue weighted by molar-refractivity contribution is 5.69. The first-order chi connectivity index (χ1) is 10.1. The van der Waals surface area contributed by atoms with Crippen LogP contribution in [0.4, 0.5) is 5.69 Å². The number of hydrogen-bond donors (Lipinski definition) is 1. The fourth-order valence-corrected chi connectivity index (χ4v) is 2.13. The summed E-state index contributed by atoms with van der Waals surface area (Å²) in [6.07, 6.45) is 0.884. The van der Waals surface area contributed by atoms with Crippen LogP contribution in [0.25, 0.3) is 0 Å². The van der Waals surface area contributed by atoms with Gasteiger partial charge in [0, 0.05) is 13.5 Å². The van der Waals surface area contributed by atoms with Gasteiger partial charge in [-0.15, -0.1) is 0 Å². The molecule has 0 unspecified atom stereocenters. The lowest BCUT2D eigenvalue weighted by molar-refractivity contribution is -0.131. The van der Waals surface area contributed by atoms with Crippen molar-refractivity contribution in [1.29, 1.82) is 0 Å². The Morgan fingerprint density at radius 1 is 1.14 bits per heavy atom. The van der Waals surface area contributed by atoms with Crippen LogP contribution in [0, 0.1) is 6.92 Å². The molecule has 0 bridgehead atoms. The zero-order valence-electron chi connectivity index (χ0n) is 12.4. The van der Waals surface area contributed by atoms with E-state index < -0.39 is 0 Å². The third kappa shape index (κ3) is 4.33. The lowest BCUT2D eigenvalue weighted by Crippen LogP contribution is -2.32. The van der Waals surface area contributed by atoms with Crippen molar-refractivity contribution in [2.45, 2.75) is 20.3 Å². The summed E-state index contributed by atoms with van der Waals surface area (Å²) in [5.41, 5.74) is 3.46. The van der Waals surface area contributed by atoms with Crippen molar-refractivity contribution >= 4 is 11.7 Å². The molecule has 0 spiro atoms. The van der Waals surface area contributed by atoms with Crippen LogP contribution in [-0.4, -0.2) is 12.5 Å². The molecule has 0 amide bonds. The van der Waals surface area contributed by atoms with Gasteiger partial charge >= 0.3 is 5.97 Å². The van der Waals surface area contributed by atoms with Gasteiger partial charge in [0.05, 0.1) is 5.69 Å². The summed E-state index contributed by atoms with van der Waals surface area (Å²) in [6.45, 7) is 4.20. The van der Waals surface area contributed by atoms with Gasteiger partial charge in [-0.25, -0.2) is 5.84 Å². The van der Waals surface area contributed by atoms with E-state index in [1.54, 1.807) is 17.1 Å². The van der Waals surface area contributed by atoms with Crippen LogP contribution in [0.3, 0.4) is 0 Å². The average molecular weight is 284 g/mol. The molecule has 0 aliphatic heterocycles. The largest absolute Gasteiger partial charge is 0.427 e. The van der Waals surface area contributed by atoms with Crippen LogP contribution >= 0.6 is 0 Å². The van der Waals surface area contributed by atoms with Crippen LogP contribution in [0.1, 0.15) is 18.1 Å². The molecule has 2 N–H and O–H groups in total. The van der Waals surface area contributed by atoms with Gasteiger partial charge < -0.3 is 9.75 Å². The van der Waals surface area contributed by atoms with Crippen LogP contribution < -0.4 is 15.6 Å². The summed E-state index contributed by atoms with van der Waals surface area (Å²) in [5, 5.41) is 1.70. The summed E-state index contributed by atoms with van der Waals surface area (Å²) in [5.74, 6) is 6.27. The third-order valence-electron chi connectivity index (χ3n) is 3.31. The predicted octanol–water partition coefficient (Wildman–Crippen LogP) is 2.84. The topological polar surface area (TPSA) is 55.6 Å². The van der Waals surface area contributed by atoms with E-state index in [0.29, 0.717) is 5.75 Å².